The fraction of sp³-hybridized carbons (Fsp3) is 0.923. The lowest BCUT2D eigenvalue weighted by molar-refractivity contribution is -0.146. The van der Waals surface area contributed by atoms with Crippen LogP contribution in [0.15, 0.2) is 0 Å². The molecule has 0 aliphatic carbocycles. The third-order valence-electron chi connectivity index (χ3n) is 5.98. The van der Waals surface area contributed by atoms with E-state index in [-0.39, 0.29) is 11.9 Å². The van der Waals surface area contributed by atoms with E-state index in [1.54, 1.807) is 14.2 Å². The maximum atomic E-state index is 11.9. The summed E-state index contributed by atoms with van der Waals surface area (Å²) in [6, 6.07) is 0. The van der Waals surface area contributed by atoms with Gasteiger partial charge in [0, 0.05) is 40.3 Å². The summed E-state index contributed by atoms with van der Waals surface area (Å²) >= 11 is 0. The molecule has 0 aromatic heterocycles. The van der Waals surface area contributed by atoms with E-state index in [1.807, 2.05) is 0 Å². The van der Waals surface area contributed by atoms with Gasteiger partial charge in [-0.3, -0.25) is 9.59 Å². The van der Waals surface area contributed by atoms with E-state index in [0.717, 1.165) is 51.7 Å². The third-order valence-corrected chi connectivity index (χ3v) is 5.98. The van der Waals surface area contributed by atoms with Crippen molar-refractivity contribution < 1.29 is 28.5 Å². The van der Waals surface area contributed by atoms with Crippen LogP contribution in [0.2, 0.25) is 0 Å². The number of ether oxygens (including phenoxy) is 4. The first kappa shape index (κ1) is 30.9. The van der Waals surface area contributed by atoms with E-state index in [4.69, 9.17) is 18.9 Å². The van der Waals surface area contributed by atoms with Crippen molar-refractivity contribution in [1.82, 2.24) is 0 Å². The molecule has 0 fully saturated rings. The van der Waals surface area contributed by atoms with Crippen LogP contribution in [0.25, 0.3) is 0 Å². The van der Waals surface area contributed by atoms with Crippen molar-refractivity contribution >= 4 is 11.9 Å². The lowest BCUT2D eigenvalue weighted by Gasteiger charge is -2.16. The molecule has 0 aliphatic rings. The molecule has 0 amide bonds. The quantitative estimate of drug-likeness (QED) is 0.136. The van der Waals surface area contributed by atoms with Crippen LogP contribution in [0, 0.1) is 11.8 Å². The van der Waals surface area contributed by atoms with Gasteiger partial charge >= 0.3 is 11.9 Å². The molecule has 0 spiro atoms. The predicted octanol–water partition coefficient (Wildman–Crippen LogP) is 6.10. The van der Waals surface area contributed by atoms with Gasteiger partial charge in [0.2, 0.25) is 0 Å². The number of hydrogen-bond donors (Lipinski definition) is 0. The SMILES string of the molecule is CCCCC(CCOC)CCOC(=O)CCCCC(=O)OCCC(CCCC)CCOC. The third kappa shape index (κ3) is 19.5. The summed E-state index contributed by atoms with van der Waals surface area (Å²) in [6.45, 7) is 6.84. The summed E-state index contributed by atoms with van der Waals surface area (Å²) in [5.74, 6) is 0.759. The van der Waals surface area contributed by atoms with Crippen LogP contribution in [0.4, 0.5) is 0 Å². The highest BCUT2D eigenvalue weighted by Gasteiger charge is 2.12. The maximum Gasteiger partial charge on any atom is 0.305 e. The Labute approximate surface area is 197 Å². The van der Waals surface area contributed by atoms with Crippen molar-refractivity contribution in [3.8, 4) is 0 Å². The molecule has 0 radical (unpaired) electrons. The van der Waals surface area contributed by atoms with Crippen LogP contribution in [0.5, 0.6) is 0 Å². The molecule has 0 saturated carbocycles. The Morgan fingerprint density at radius 2 is 0.938 bits per heavy atom. The molecule has 0 aromatic rings. The van der Waals surface area contributed by atoms with Gasteiger partial charge in [0.25, 0.3) is 0 Å². The van der Waals surface area contributed by atoms with Crippen molar-refractivity contribution in [1.29, 1.82) is 0 Å². The molecule has 0 bridgehead atoms. The number of carbonyl (C=O) groups is 2. The van der Waals surface area contributed by atoms with Crippen molar-refractivity contribution in [3.05, 3.63) is 0 Å². The van der Waals surface area contributed by atoms with Gasteiger partial charge in [0.05, 0.1) is 13.2 Å². The molecular weight excluding hydrogens is 408 g/mol. The predicted molar refractivity (Wildman–Crippen MR) is 129 cm³/mol. The van der Waals surface area contributed by atoms with E-state index in [2.05, 4.69) is 13.8 Å². The molecule has 0 aliphatic heterocycles. The summed E-state index contributed by atoms with van der Waals surface area (Å²) in [4.78, 5) is 23.9. The minimum Gasteiger partial charge on any atom is -0.466 e. The zero-order chi connectivity index (χ0) is 23.9. The Balaban J connectivity index is 3.84. The Morgan fingerprint density at radius 3 is 1.28 bits per heavy atom. The van der Waals surface area contributed by atoms with Crippen molar-refractivity contribution in [2.75, 3.05) is 40.6 Å². The van der Waals surface area contributed by atoms with E-state index < -0.39 is 0 Å². The molecule has 0 rings (SSSR count). The van der Waals surface area contributed by atoms with Crippen LogP contribution in [0.3, 0.4) is 0 Å². The van der Waals surface area contributed by atoms with Gasteiger partial charge in [-0.05, 0) is 50.4 Å². The number of methoxy groups -OCH3 is 2. The fourth-order valence-electron chi connectivity index (χ4n) is 3.78. The number of hydrogen-bond acceptors (Lipinski definition) is 6. The molecule has 6 nitrogen and oxygen atoms in total. The van der Waals surface area contributed by atoms with Crippen LogP contribution >= 0.6 is 0 Å². The number of unbranched alkanes of at least 4 members (excludes halogenated alkanes) is 3. The molecule has 32 heavy (non-hydrogen) atoms. The summed E-state index contributed by atoms with van der Waals surface area (Å²) in [6.07, 6.45) is 12.9. The minimum absolute atomic E-state index is 0.170. The molecule has 190 valence electrons. The van der Waals surface area contributed by atoms with Gasteiger partial charge in [0.1, 0.15) is 0 Å². The lowest BCUT2D eigenvalue weighted by atomic mass is 9.96. The van der Waals surface area contributed by atoms with E-state index in [9.17, 15) is 9.59 Å². The van der Waals surface area contributed by atoms with E-state index in [1.165, 1.54) is 25.7 Å². The number of rotatable bonds is 23. The van der Waals surface area contributed by atoms with Crippen LogP contribution in [-0.2, 0) is 28.5 Å². The van der Waals surface area contributed by atoms with Gasteiger partial charge in [-0.15, -0.1) is 0 Å². The normalized spacial score (nSPS) is 13.0. The van der Waals surface area contributed by atoms with Crippen LogP contribution in [0.1, 0.15) is 104 Å². The topological polar surface area (TPSA) is 71.1 Å². The number of carbonyl (C=O) groups excluding carboxylic acids is 2. The standard InChI is InChI=1S/C26H50O6/c1-5-7-11-23(15-19-29-3)17-21-31-25(27)13-9-10-14-26(28)32-22-18-24(12-8-6-2)16-20-30-4/h23-24H,5-22H2,1-4H3. The van der Waals surface area contributed by atoms with Gasteiger partial charge < -0.3 is 18.9 Å². The summed E-state index contributed by atoms with van der Waals surface area (Å²) in [5.41, 5.74) is 0. The average Bonchev–Trinajstić information content (AvgIpc) is 2.79. The van der Waals surface area contributed by atoms with Gasteiger partial charge in [-0.2, -0.15) is 0 Å². The summed E-state index contributed by atoms with van der Waals surface area (Å²) in [5, 5.41) is 0. The molecule has 2 atom stereocenters. The summed E-state index contributed by atoms with van der Waals surface area (Å²) in [7, 11) is 3.44. The van der Waals surface area contributed by atoms with E-state index >= 15 is 0 Å². The molecule has 2 unspecified atom stereocenters. The van der Waals surface area contributed by atoms with Gasteiger partial charge in [0.15, 0.2) is 0 Å². The van der Waals surface area contributed by atoms with Gasteiger partial charge in [-0.1, -0.05) is 52.4 Å². The summed E-state index contributed by atoms with van der Waals surface area (Å²) < 4.78 is 21.1. The molecule has 0 N–H and O–H groups in total. The highest BCUT2D eigenvalue weighted by molar-refractivity contribution is 5.70. The largest absolute Gasteiger partial charge is 0.466 e. The second-order valence-electron chi connectivity index (χ2n) is 8.80. The van der Waals surface area contributed by atoms with Gasteiger partial charge in [-0.25, -0.2) is 0 Å². The zero-order valence-corrected chi connectivity index (χ0v) is 21.3. The number of esters is 2. The Kier molecular flexibility index (Phi) is 22.2. The monoisotopic (exact) mass is 458 g/mol. The second kappa shape index (κ2) is 23.0. The Bertz CT molecular complexity index is 384. The Morgan fingerprint density at radius 1 is 0.562 bits per heavy atom. The van der Waals surface area contributed by atoms with Crippen molar-refractivity contribution in [2.45, 2.75) is 104 Å². The first-order valence-corrected chi connectivity index (χ1v) is 12.9. The molecule has 0 aromatic carbocycles. The maximum absolute atomic E-state index is 11.9. The highest BCUT2D eigenvalue weighted by atomic mass is 16.5. The zero-order valence-electron chi connectivity index (χ0n) is 21.3. The molecule has 0 saturated heterocycles. The fourth-order valence-corrected chi connectivity index (χ4v) is 3.78. The molecular formula is C26H50O6. The smallest absolute Gasteiger partial charge is 0.305 e. The molecule has 0 heterocycles. The van der Waals surface area contributed by atoms with Crippen molar-refractivity contribution in [2.24, 2.45) is 11.8 Å². The average molecular weight is 459 g/mol. The Hall–Kier alpha value is -1.14. The first-order chi connectivity index (χ1) is 15.6. The first-order valence-electron chi connectivity index (χ1n) is 12.9. The molecule has 6 heteroatoms. The van der Waals surface area contributed by atoms with Crippen LogP contribution < -0.4 is 0 Å². The minimum atomic E-state index is -0.170. The van der Waals surface area contributed by atoms with Crippen LogP contribution in [-0.4, -0.2) is 52.6 Å². The lowest BCUT2D eigenvalue weighted by Crippen LogP contribution is -2.13. The van der Waals surface area contributed by atoms with E-state index in [0.29, 0.717) is 50.7 Å². The second-order valence-corrected chi connectivity index (χ2v) is 8.80. The van der Waals surface area contributed by atoms with Crippen molar-refractivity contribution in [3.63, 3.8) is 0 Å². The highest BCUT2D eigenvalue weighted by Crippen LogP contribution is 2.18.